The Bertz CT molecular complexity index is 1260. The maximum Gasteiger partial charge on any atom is 0.0234 e. The van der Waals surface area contributed by atoms with Crippen LogP contribution < -0.4 is 0 Å². The molecular weight excluding hydrogens is 400 g/mol. The van der Waals surface area contributed by atoms with E-state index >= 15 is 0 Å². The van der Waals surface area contributed by atoms with Gasteiger partial charge in [0.1, 0.15) is 0 Å². The van der Waals surface area contributed by atoms with Crippen LogP contribution in [-0.4, -0.2) is 30.9 Å². The van der Waals surface area contributed by atoms with Crippen molar-refractivity contribution in [2.45, 2.75) is 26.1 Å². The molecule has 0 bridgehead atoms. The van der Waals surface area contributed by atoms with Gasteiger partial charge in [0.05, 0.1) is 0 Å². The lowest BCUT2D eigenvalue weighted by molar-refractivity contribution is 0.319. The van der Waals surface area contributed by atoms with Gasteiger partial charge in [0.2, 0.25) is 0 Å². The van der Waals surface area contributed by atoms with Crippen LogP contribution in [0.2, 0.25) is 0 Å². The molecule has 0 unspecified atom stereocenters. The van der Waals surface area contributed by atoms with Crippen molar-refractivity contribution in [3.05, 3.63) is 119 Å². The molecule has 0 N–H and O–H groups in total. The lowest BCUT2D eigenvalue weighted by Gasteiger charge is -2.19. The van der Waals surface area contributed by atoms with E-state index in [2.05, 4.69) is 122 Å². The molecule has 0 amide bonds. The summed E-state index contributed by atoms with van der Waals surface area (Å²) >= 11 is 0. The number of hydrogen-bond acceptors (Lipinski definition) is 2. The van der Waals surface area contributed by atoms with Crippen LogP contribution in [0.5, 0.6) is 0 Å². The van der Waals surface area contributed by atoms with Crippen molar-refractivity contribution in [2.75, 3.05) is 21.1 Å². The zero-order chi connectivity index (χ0) is 22.8. The van der Waals surface area contributed by atoms with E-state index in [1.165, 1.54) is 50.1 Å². The number of rotatable bonds is 7. The van der Waals surface area contributed by atoms with E-state index < -0.39 is 0 Å². The van der Waals surface area contributed by atoms with E-state index in [1.807, 2.05) is 0 Å². The summed E-state index contributed by atoms with van der Waals surface area (Å²) in [5.74, 6) is 0. The average Bonchev–Trinajstić information content (AvgIpc) is 3.18. The van der Waals surface area contributed by atoms with Crippen molar-refractivity contribution in [3.8, 4) is 22.3 Å². The van der Waals surface area contributed by atoms with Gasteiger partial charge >= 0.3 is 0 Å². The van der Waals surface area contributed by atoms with Crippen LogP contribution in [0.25, 0.3) is 22.3 Å². The molecule has 0 aliphatic heterocycles. The SMILES string of the molecule is CN(C)Cc1cccc2c1-c1cc(CN(C)Cc3cccc(-c4ccccc4)c3)ccc1C2. The van der Waals surface area contributed by atoms with Crippen LogP contribution in [-0.2, 0) is 26.1 Å². The van der Waals surface area contributed by atoms with Crippen molar-refractivity contribution < 1.29 is 0 Å². The summed E-state index contributed by atoms with van der Waals surface area (Å²) in [6.07, 6.45) is 1.05. The zero-order valence-corrected chi connectivity index (χ0v) is 19.9. The summed E-state index contributed by atoms with van der Waals surface area (Å²) in [6, 6.07) is 33.4. The van der Waals surface area contributed by atoms with Gasteiger partial charge in [-0.1, -0.05) is 78.9 Å². The third-order valence-electron chi connectivity index (χ3n) is 6.49. The molecule has 0 saturated heterocycles. The van der Waals surface area contributed by atoms with Crippen LogP contribution in [0.15, 0.2) is 91.0 Å². The molecule has 33 heavy (non-hydrogen) atoms. The van der Waals surface area contributed by atoms with E-state index in [0.29, 0.717) is 0 Å². The van der Waals surface area contributed by atoms with Crippen molar-refractivity contribution in [3.63, 3.8) is 0 Å². The van der Waals surface area contributed by atoms with Crippen LogP contribution in [0.1, 0.15) is 27.8 Å². The Morgan fingerprint density at radius 1 is 0.606 bits per heavy atom. The topological polar surface area (TPSA) is 6.48 Å². The van der Waals surface area contributed by atoms with Gasteiger partial charge in [0, 0.05) is 19.6 Å². The number of nitrogens with zero attached hydrogens (tertiary/aromatic N) is 2. The normalized spacial score (nSPS) is 12.3. The molecule has 0 atom stereocenters. The standard InChI is InChI=1S/C31H32N2/c1-32(2)22-29-14-8-13-28-19-27-16-15-24(18-30(27)31(28)29)21-33(3)20-23-9-7-12-26(17-23)25-10-5-4-6-11-25/h4-18H,19-22H2,1-3H3. The molecule has 2 heteroatoms. The molecule has 4 aromatic rings. The number of fused-ring (bicyclic) bond motifs is 3. The highest BCUT2D eigenvalue weighted by molar-refractivity contribution is 5.80. The van der Waals surface area contributed by atoms with Crippen molar-refractivity contribution in [2.24, 2.45) is 0 Å². The van der Waals surface area contributed by atoms with Crippen LogP contribution >= 0.6 is 0 Å². The zero-order valence-electron chi connectivity index (χ0n) is 19.9. The fourth-order valence-corrected chi connectivity index (χ4v) is 5.09. The molecule has 166 valence electrons. The Morgan fingerprint density at radius 2 is 1.33 bits per heavy atom. The molecule has 4 aromatic carbocycles. The molecule has 5 rings (SSSR count). The van der Waals surface area contributed by atoms with Crippen LogP contribution in [0, 0.1) is 0 Å². The summed E-state index contributed by atoms with van der Waals surface area (Å²) in [4.78, 5) is 4.67. The highest BCUT2D eigenvalue weighted by atomic mass is 15.1. The predicted octanol–water partition coefficient (Wildman–Crippen LogP) is 6.62. The van der Waals surface area contributed by atoms with Gasteiger partial charge in [-0.3, -0.25) is 4.90 Å². The van der Waals surface area contributed by atoms with Crippen LogP contribution in [0.3, 0.4) is 0 Å². The Labute approximate surface area is 198 Å². The molecule has 0 radical (unpaired) electrons. The summed E-state index contributed by atoms with van der Waals surface area (Å²) in [7, 11) is 6.51. The van der Waals surface area contributed by atoms with Crippen molar-refractivity contribution >= 4 is 0 Å². The van der Waals surface area contributed by atoms with Gasteiger partial charge in [-0.2, -0.15) is 0 Å². The molecule has 0 spiro atoms. The molecule has 1 aliphatic carbocycles. The summed E-state index contributed by atoms with van der Waals surface area (Å²) in [5.41, 5.74) is 12.5. The first-order valence-corrected chi connectivity index (χ1v) is 11.8. The minimum absolute atomic E-state index is 0.931. The van der Waals surface area contributed by atoms with Crippen molar-refractivity contribution in [1.29, 1.82) is 0 Å². The quantitative estimate of drug-likeness (QED) is 0.285. The van der Waals surface area contributed by atoms with Gasteiger partial charge < -0.3 is 4.90 Å². The fourth-order valence-electron chi connectivity index (χ4n) is 5.09. The molecular formula is C31H32N2. The second-order valence-corrected chi connectivity index (χ2v) is 9.60. The smallest absolute Gasteiger partial charge is 0.0234 e. The maximum absolute atomic E-state index is 2.43. The fraction of sp³-hybridized carbons (Fsp3) is 0.226. The van der Waals surface area contributed by atoms with E-state index in [4.69, 9.17) is 0 Å². The Balaban J connectivity index is 1.34. The van der Waals surface area contributed by atoms with Gasteiger partial charge in [-0.05, 0) is 89.8 Å². The van der Waals surface area contributed by atoms with Gasteiger partial charge in [-0.25, -0.2) is 0 Å². The van der Waals surface area contributed by atoms with Crippen LogP contribution in [0.4, 0.5) is 0 Å². The lowest BCUT2D eigenvalue weighted by Crippen LogP contribution is -2.17. The first-order valence-electron chi connectivity index (χ1n) is 11.8. The van der Waals surface area contributed by atoms with E-state index in [9.17, 15) is 0 Å². The third kappa shape index (κ3) is 4.78. The average molecular weight is 433 g/mol. The van der Waals surface area contributed by atoms with E-state index in [0.717, 1.165) is 26.1 Å². The first-order chi connectivity index (χ1) is 16.1. The summed E-state index contributed by atoms with van der Waals surface area (Å²) < 4.78 is 0. The molecule has 0 heterocycles. The minimum atomic E-state index is 0.931. The molecule has 0 aromatic heterocycles. The maximum atomic E-state index is 2.43. The highest BCUT2D eigenvalue weighted by Crippen LogP contribution is 2.40. The minimum Gasteiger partial charge on any atom is -0.305 e. The monoisotopic (exact) mass is 432 g/mol. The summed E-state index contributed by atoms with van der Waals surface area (Å²) in [5, 5.41) is 0. The Hall–Kier alpha value is -3.20. The first kappa shape index (κ1) is 21.6. The predicted molar refractivity (Wildman–Crippen MR) is 139 cm³/mol. The molecule has 0 saturated carbocycles. The molecule has 2 nitrogen and oxygen atoms in total. The Kier molecular flexibility index (Phi) is 6.13. The van der Waals surface area contributed by atoms with E-state index in [-0.39, 0.29) is 0 Å². The largest absolute Gasteiger partial charge is 0.305 e. The number of benzene rings is 4. The lowest BCUT2D eigenvalue weighted by atomic mass is 9.97. The van der Waals surface area contributed by atoms with Gasteiger partial charge in [-0.15, -0.1) is 0 Å². The van der Waals surface area contributed by atoms with Gasteiger partial charge in [0.25, 0.3) is 0 Å². The second-order valence-electron chi connectivity index (χ2n) is 9.60. The Morgan fingerprint density at radius 3 is 2.12 bits per heavy atom. The van der Waals surface area contributed by atoms with Gasteiger partial charge in [0.15, 0.2) is 0 Å². The van der Waals surface area contributed by atoms with E-state index in [1.54, 1.807) is 0 Å². The molecule has 0 fully saturated rings. The third-order valence-corrected chi connectivity index (χ3v) is 6.49. The van der Waals surface area contributed by atoms with Crippen molar-refractivity contribution in [1.82, 2.24) is 9.80 Å². The molecule has 1 aliphatic rings. The second kappa shape index (κ2) is 9.35. The number of hydrogen-bond donors (Lipinski definition) is 0. The highest BCUT2D eigenvalue weighted by Gasteiger charge is 2.22. The summed E-state index contributed by atoms with van der Waals surface area (Å²) in [6.45, 7) is 2.85.